The number of nitro benzene ring substituents is 1. The van der Waals surface area contributed by atoms with Crippen LogP contribution in [0.3, 0.4) is 0 Å². The Balaban J connectivity index is 1.51. The molecule has 0 aromatic heterocycles. The number of rotatable bonds is 4. The zero-order valence-electron chi connectivity index (χ0n) is 16.6. The first-order chi connectivity index (χ1) is 14.5. The monoisotopic (exact) mass is 405 g/mol. The number of nitrogens with one attached hydrogen (secondary N) is 1. The number of hydrogen-bond acceptors (Lipinski definition) is 6. The largest absolute Gasteiger partial charge is 0.365 e. The van der Waals surface area contributed by atoms with Crippen LogP contribution >= 0.6 is 0 Å². The van der Waals surface area contributed by atoms with Gasteiger partial charge in [0.2, 0.25) is 5.91 Å². The molecule has 0 atom stereocenters. The Bertz CT molecular complexity index is 1010. The Kier molecular flexibility index (Phi) is 5.63. The highest BCUT2D eigenvalue weighted by atomic mass is 16.6. The molecule has 1 fully saturated rings. The van der Waals surface area contributed by atoms with E-state index in [0.717, 1.165) is 43.7 Å². The van der Waals surface area contributed by atoms with E-state index in [9.17, 15) is 14.9 Å². The van der Waals surface area contributed by atoms with E-state index in [1.807, 2.05) is 24.3 Å². The minimum atomic E-state index is -0.328. The molecule has 1 amide bonds. The van der Waals surface area contributed by atoms with Gasteiger partial charge in [-0.1, -0.05) is 12.1 Å². The molecule has 8 nitrogen and oxygen atoms in total. The van der Waals surface area contributed by atoms with Crippen LogP contribution in [0.1, 0.15) is 29.5 Å². The number of carbonyl (C=O) groups excluding carboxylic acids is 1. The average Bonchev–Trinajstić information content (AvgIpc) is 2.98. The first-order valence-electron chi connectivity index (χ1n) is 10.1. The molecule has 30 heavy (non-hydrogen) atoms. The van der Waals surface area contributed by atoms with Gasteiger partial charge in [-0.2, -0.15) is 5.26 Å². The lowest BCUT2D eigenvalue weighted by Crippen LogP contribution is -2.31. The van der Waals surface area contributed by atoms with Crippen molar-refractivity contribution in [1.29, 1.82) is 5.26 Å². The Labute approximate surface area is 174 Å². The fourth-order valence-corrected chi connectivity index (χ4v) is 4.12. The van der Waals surface area contributed by atoms with Crippen molar-refractivity contribution >= 4 is 23.0 Å². The molecule has 154 valence electrons. The summed E-state index contributed by atoms with van der Waals surface area (Å²) >= 11 is 0. The smallest absolute Gasteiger partial charge is 0.292 e. The highest BCUT2D eigenvalue weighted by Gasteiger charge is 2.27. The molecule has 0 bridgehead atoms. The fourth-order valence-electron chi connectivity index (χ4n) is 4.12. The zero-order valence-corrected chi connectivity index (χ0v) is 16.6. The summed E-state index contributed by atoms with van der Waals surface area (Å²) in [6.07, 6.45) is 1.77. The maximum atomic E-state index is 11.8. The lowest BCUT2D eigenvalue weighted by molar-refractivity contribution is -0.384. The first kappa shape index (κ1) is 19.9. The van der Waals surface area contributed by atoms with Crippen LogP contribution in [0, 0.1) is 21.4 Å². The molecule has 2 aliphatic heterocycles. The summed E-state index contributed by atoms with van der Waals surface area (Å²) in [4.78, 5) is 27.5. The highest BCUT2D eigenvalue weighted by molar-refractivity contribution is 5.95. The SMILES string of the molecule is N#Cc1ccc(CN2CCCN(c3cc4c(cc3[N+](=O)[O-])CCC(=O)N4)CC2)cc1. The number of hydrogen-bond donors (Lipinski definition) is 1. The van der Waals surface area contributed by atoms with Crippen molar-refractivity contribution in [3.63, 3.8) is 0 Å². The molecule has 0 unspecified atom stereocenters. The summed E-state index contributed by atoms with van der Waals surface area (Å²) in [5.74, 6) is -0.0493. The van der Waals surface area contributed by atoms with Gasteiger partial charge in [-0.15, -0.1) is 0 Å². The zero-order chi connectivity index (χ0) is 21.1. The Morgan fingerprint density at radius 1 is 1.10 bits per heavy atom. The van der Waals surface area contributed by atoms with E-state index in [0.29, 0.717) is 36.3 Å². The third-order valence-corrected chi connectivity index (χ3v) is 5.71. The number of aryl methyl sites for hydroxylation is 1. The number of nitro groups is 1. The van der Waals surface area contributed by atoms with Crippen LogP contribution in [0.4, 0.5) is 17.1 Å². The van der Waals surface area contributed by atoms with Crippen LogP contribution in [0.2, 0.25) is 0 Å². The summed E-state index contributed by atoms with van der Waals surface area (Å²) in [5, 5.41) is 23.5. The van der Waals surface area contributed by atoms with Gasteiger partial charge >= 0.3 is 0 Å². The minimum Gasteiger partial charge on any atom is -0.365 e. The van der Waals surface area contributed by atoms with Gasteiger partial charge in [-0.05, 0) is 42.2 Å². The highest BCUT2D eigenvalue weighted by Crippen LogP contribution is 2.36. The summed E-state index contributed by atoms with van der Waals surface area (Å²) in [6, 6.07) is 13.1. The van der Waals surface area contributed by atoms with E-state index in [4.69, 9.17) is 5.26 Å². The molecule has 2 aromatic carbocycles. The predicted molar refractivity (Wildman–Crippen MR) is 113 cm³/mol. The molecule has 0 radical (unpaired) electrons. The van der Waals surface area contributed by atoms with E-state index < -0.39 is 0 Å². The van der Waals surface area contributed by atoms with Crippen LogP contribution in [-0.4, -0.2) is 41.9 Å². The normalized spacial score (nSPS) is 16.9. The van der Waals surface area contributed by atoms with Gasteiger partial charge in [0.15, 0.2) is 0 Å². The average molecular weight is 405 g/mol. The van der Waals surface area contributed by atoms with E-state index in [1.54, 1.807) is 12.1 Å². The topological polar surface area (TPSA) is 103 Å². The van der Waals surface area contributed by atoms with Gasteiger partial charge in [0.1, 0.15) is 5.69 Å². The quantitative estimate of drug-likeness (QED) is 0.619. The molecule has 2 heterocycles. The minimum absolute atomic E-state index is 0.0493. The molecule has 2 aliphatic rings. The van der Waals surface area contributed by atoms with Crippen molar-refractivity contribution in [2.75, 3.05) is 36.4 Å². The maximum absolute atomic E-state index is 11.8. The third kappa shape index (κ3) is 4.26. The van der Waals surface area contributed by atoms with Crippen LogP contribution in [0.15, 0.2) is 36.4 Å². The number of benzene rings is 2. The summed E-state index contributed by atoms with van der Waals surface area (Å²) in [6.45, 7) is 3.84. The lowest BCUT2D eigenvalue weighted by atomic mass is 10.0. The number of nitriles is 1. The summed E-state index contributed by atoms with van der Waals surface area (Å²) in [7, 11) is 0. The number of fused-ring (bicyclic) bond motifs is 1. The molecular formula is C22H23N5O3. The second-order valence-corrected chi connectivity index (χ2v) is 7.73. The second-order valence-electron chi connectivity index (χ2n) is 7.73. The first-order valence-corrected chi connectivity index (χ1v) is 10.1. The van der Waals surface area contributed by atoms with Crippen LogP contribution in [-0.2, 0) is 17.8 Å². The van der Waals surface area contributed by atoms with E-state index >= 15 is 0 Å². The van der Waals surface area contributed by atoms with Crippen molar-refractivity contribution in [2.24, 2.45) is 0 Å². The number of carbonyl (C=O) groups is 1. The molecule has 0 spiro atoms. The van der Waals surface area contributed by atoms with Gasteiger partial charge in [0.25, 0.3) is 5.69 Å². The molecule has 1 saturated heterocycles. The Hall–Kier alpha value is -3.44. The molecular weight excluding hydrogens is 382 g/mol. The van der Waals surface area contributed by atoms with E-state index in [2.05, 4.69) is 21.2 Å². The van der Waals surface area contributed by atoms with Crippen LogP contribution in [0.5, 0.6) is 0 Å². The molecule has 8 heteroatoms. The van der Waals surface area contributed by atoms with Crippen molar-refractivity contribution in [3.8, 4) is 6.07 Å². The Morgan fingerprint density at radius 2 is 1.90 bits per heavy atom. The van der Waals surface area contributed by atoms with Gasteiger partial charge in [-0.25, -0.2) is 0 Å². The van der Waals surface area contributed by atoms with Gasteiger partial charge in [0.05, 0.1) is 16.6 Å². The Morgan fingerprint density at radius 3 is 2.63 bits per heavy atom. The van der Waals surface area contributed by atoms with Crippen molar-refractivity contribution < 1.29 is 9.72 Å². The van der Waals surface area contributed by atoms with Crippen molar-refractivity contribution in [1.82, 2.24) is 4.90 Å². The number of amides is 1. The van der Waals surface area contributed by atoms with Gasteiger partial charge in [0, 0.05) is 50.9 Å². The van der Waals surface area contributed by atoms with E-state index in [1.165, 1.54) is 0 Å². The van der Waals surface area contributed by atoms with Crippen LogP contribution in [0.25, 0.3) is 0 Å². The summed E-state index contributed by atoms with van der Waals surface area (Å²) < 4.78 is 0. The fraction of sp³-hybridized carbons (Fsp3) is 0.364. The number of anilines is 2. The van der Waals surface area contributed by atoms with Gasteiger partial charge in [-0.3, -0.25) is 19.8 Å². The lowest BCUT2D eigenvalue weighted by Gasteiger charge is -2.26. The molecule has 2 aromatic rings. The predicted octanol–water partition coefficient (Wildman–Crippen LogP) is 3.06. The summed E-state index contributed by atoms with van der Waals surface area (Å²) in [5.41, 5.74) is 3.97. The number of nitrogens with zero attached hydrogens (tertiary/aromatic N) is 4. The molecule has 0 aliphatic carbocycles. The second kappa shape index (κ2) is 8.51. The van der Waals surface area contributed by atoms with Gasteiger partial charge < -0.3 is 10.2 Å². The molecule has 1 N–H and O–H groups in total. The molecule has 4 rings (SSSR count). The molecule has 0 saturated carbocycles. The van der Waals surface area contributed by atoms with Crippen molar-refractivity contribution in [3.05, 3.63) is 63.2 Å². The van der Waals surface area contributed by atoms with Crippen LogP contribution < -0.4 is 10.2 Å². The third-order valence-electron chi connectivity index (χ3n) is 5.71. The van der Waals surface area contributed by atoms with E-state index in [-0.39, 0.29) is 16.5 Å². The van der Waals surface area contributed by atoms with Crippen molar-refractivity contribution in [2.45, 2.75) is 25.8 Å². The standard InChI is InChI=1S/C22H23N5O3/c23-14-16-2-4-17(5-3-16)15-25-8-1-9-26(11-10-25)20-13-19-18(6-7-22(28)24-19)12-21(20)27(29)30/h2-5,12-13H,1,6-11,15H2,(H,24,28). The maximum Gasteiger partial charge on any atom is 0.292 e.